The first kappa shape index (κ1) is 27.0. The fourth-order valence-electron chi connectivity index (χ4n) is 6.55. The summed E-state index contributed by atoms with van der Waals surface area (Å²) < 4.78 is 6.18. The van der Waals surface area contributed by atoms with Crippen LogP contribution in [-0.4, -0.2) is 17.1 Å². The van der Waals surface area contributed by atoms with E-state index in [2.05, 4.69) is 126 Å². The van der Waals surface area contributed by atoms with Crippen LogP contribution in [0.4, 0.5) is 0 Å². The van der Waals surface area contributed by atoms with Gasteiger partial charge in [0.1, 0.15) is 18.7 Å². The molecular weight excluding hydrogens is 524 g/mol. The molecule has 37 heavy (non-hydrogen) atoms. The largest absolute Gasteiger partial charge is 0.231 e. The number of rotatable bonds is 11. The monoisotopic (exact) mass is 563 g/mol. The SMILES string of the molecule is C=C[P+](c1cccs1)(c1cccs1)N(CCCC)[P+]1(CC)C(c2ccccc2)CC[C@@H]1c1ccccc1. The molecule has 1 nitrogen and oxygen atoms in total. The highest BCUT2D eigenvalue weighted by atomic mass is 32.1. The Balaban J connectivity index is 1.81. The minimum absolute atomic E-state index is 0.583. The second kappa shape index (κ2) is 12.1. The van der Waals surface area contributed by atoms with Crippen molar-refractivity contribution >= 4 is 46.7 Å². The van der Waals surface area contributed by atoms with E-state index in [1.807, 2.05) is 22.7 Å². The number of benzene rings is 2. The Morgan fingerprint density at radius 2 is 1.32 bits per heavy atom. The lowest BCUT2D eigenvalue weighted by atomic mass is 10.0. The summed E-state index contributed by atoms with van der Waals surface area (Å²) in [6.07, 6.45) is 6.18. The molecule has 1 fully saturated rings. The molecule has 5 rings (SSSR count). The number of unbranched alkanes of at least 4 members (excludes halogenated alkanes) is 1. The van der Waals surface area contributed by atoms with E-state index in [4.69, 9.17) is 0 Å². The third-order valence-electron chi connectivity index (χ3n) is 8.12. The molecule has 0 spiro atoms. The molecule has 1 saturated heterocycles. The van der Waals surface area contributed by atoms with Gasteiger partial charge in [0.05, 0.1) is 18.5 Å². The minimum Gasteiger partial charge on any atom is -0.105 e. The van der Waals surface area contributed by atoms with Crippen molar-refractivity contribution in [3.63, 3.8) is 0 Å². The number of thiophene rings is 2. The first-order chi connectivity index (χ1) is 18.2. The van der Waals surface area contributed by atoms with E-state index in [1.54, 1.807) is 0 Å². The maximum atomic E-state index is 4.65. The van der Waals surface area contributed by atoms with Gasteiger partial charge in [-0.25, -0.2) is 0 Å². The zero-order valence-electron chi connectivity index (χ0n) is 22.1. The van der Waals surface area contributed by atoms with Gasteiger partial charge >= 0.3 is 0 Å². The fraction of sp³-hybridized carbons (Fsp3) is 0.312. The summed E-state index contributed by atoms with van der Waals surface area (Å²) in [5.74, 6) is 2.40. The average molecular weight is 564 g/mol. The lowest BCUT2D eigenvalue weighted by molar-refractivity contribution is 0.615. The molecule has 0 radical (unpaired) electrons. The van der Waals surface area contributed by atoms with Gasteiger partial charge < -0.3 is 0 Å². The summed E-state index contributed by atoms with van der Waals surface area (Å²) in [4.78, 5) is 0. The van der Waals surface area contributed by atoms with E-state index in [1.165, 1.54) is 52.2 Å². The summed E-state index contributed by atoms with van der Waals surface area (Å²) in [5, 5.41) is 4.54. The second-order valence-corrected chi connectivity index (χ2v) is 20.0. The molecule has 1 aliphatic rings. The van der Waals surface area contributed by atoms with Gasteiger partial charge in [-0.05, 0) is 76.8 Å². The molecular formula is C32H39NP2S2+2. The third-order valence-corrected chi connectivity index (χ3v) is 22.1. The highest BCUT2D eigenvalue weighted by molar-refractivity contribution is 8.02. The fourth-order valence-corrected chi connectivity index (χ4v) is 23.0. The molecule has 0 N–H and O–H groups in total. The van der Waals surface area contributed by atoms with Crippen LogP contribution in [-0.2, 0) is 0 Å². The molecule has 0 amide bonds. The highest BCUT2D eigenvalue weighted by Gasteiger charge is 2.70. The van der Waals surface area contributed by atoms with Crippen molar-refractivity contribution in [3.05, 3.63) is 119 Å². The third kappa shape index (κ3) is 4.73. The van der Waals surface area contributed by atoms with Crippen molar-refractivity contribution in [3.8, 4) is 0 Å². The Bertz CT molecular complexity index is 1160. The zero-order chi connectivity index (χ0) is 25.7. The molecule has 0 bridgehead atoms. The standard InChI is InChI=1S/C32H39NP2S2/c1-4-7-24-33(35(6-3,31-20-14-25-36-31)32-21-15-26-37-32)34(5-2)29(27-16-10-8-11-17-27)22-23-30(34)28-18-12-9-13-19-28/h6,8-21,25-26,29-30H,3-5,7,22-24H2,1-2H3/q+2/t29-,30?,34?/m1/s1. The normalized spacial score (nSPS) is 21.9. The van der Waals surface area contributed by atoms with Crippen LogP contribution in [0, 0.1) is 0 Å². The highest BCUT2D eigenvalue weighted by Crippen LogP contribution is 2.92. The molecule has 2 aromatic carbocycles. The van der Waals surface area contributed by atoms with E-state index in [0.29, 0.717) is 11.3 Å². The summed E-state index contributed by atoms with van der Waals surface area (Å²) in [6, 6.07) is 32.3. The van der Waals surface area contributed by atoms with Gasteiger partial charge in [0.25, 0.3) is 0 Å². The molecule has 192 valence electrons. The van der Waals surface area contributed by atoms with Crippen molar-refractivity contribution in [1.82, 2.24) is 4.44 Å². The molecule has 5 heteroatoms. The van der Waals surface area contributed by atoms with Gasteiger partial charge in [-0.2, -0.15) is 0 Å². The van der Waals surface area contributed by atoms with Crippen LogP contribution in [0.3, 0.4) is 0 Å². The van der Waals surface area contributed by atoms with Crippen LogP contribution in [0.15, 0.2) is 108 Å². The second-order valence-electron chi connectivity index (χ2n) is 9.85. The van der Waals surface area contributed by atoms with Crippen LogP contribution in [0.25, 0.3) is 0 Å². The van der Waals surface area contributed by atoms with Gasteiger partial charge in [-0.1, -0.05) is 80.6 Å². The molecule has 2 aromatic heterocycles. The van der Waals surface area contributed by atoms with Gasteiger partial charge in [0.15, 0.2) is 9.24 Å². The van der Waals surface area contributed by atoms with Crippen LogP contribution in [0.5, 0.6) is 0 Å². The first-order valence-electron chi connectivity index (χ1n) is 13.6. The van der Waals surface area contributed by atoms with Gasteiger partial charge in [-0.15, -0.1) is 22.7 Å². The predicted octanol–water partition coefficient (Wildman–Crippen LogP) is 10.2. The van der Waals surface area contributed by atoms with E-state index in [0.717, 1.165) is 6.54 Å². The Hall–Kier alpha value is -1.60. The van der Waals surface area contributed by atoms with Gasteiger partial charge in [-0.3, -0.25) is 0 Å². The van der Waals surface area contributed by atoms with Gasteiger partial charge in [0.2, 0.25) is 7.41 Å². The van der Waals surface area contributed by atoms with Crippen molar-refractivity contribution < 1.29 is 0 Å². The Kier molecular flexibility index (Phi) is 8.80. The van der Waals surface area contributed by atoms with E-state index >= 15 is 0 Å². The topological polar surface area (TPSA) is 3.24 Å². The summed E-state index contributed by atoms with van der Waals surface area (Å²) >= 11 is 3.87. The quantitative estimate of drug-likeness (QED) is 0.164. The molecule has 3 heterocycles. The Morgan fingerprint density at radius 1 is 0.811 bits per heavy atom. The lowest BCUT2D eigenvalue weighted by Gasteiger charge is -2.44. The predicted molar refractivity (Wildman–Crippen MR) is 172 cm³/mol. The van der Waals surface area contributed by atoms with Crippen molar-refractivity contribution in [2.75, 3.05) is 12.7 Å². The molecule has 4 aromatic rings. The lowest BCUT2D eigenvalue weighted by Crippen LogP contribution is -2.37. The van der Waals surface area contributed by atoms with E-state index in [9.17, 15) is 0 Å². The number of nitrogens with zero attached hydrogens (tertiary/aromatic N) is 1. The van der Waals surface area contributed by atoms with Crippen LogP contribution in [0.2, 0.25) is 0 Å². The maximum Gasteiger partial charge on any atom is 0.231 e. The van der Waals surface area contributed by atoms with Crippen molar-refractivity contribution in [1.29, 1.82) is 0 Å². The van der Waals surface area contributed by atoms with Crippen molar-refractivity contribution in [2.24, 2.45) is 0 Å². The summed E-state index contributed by atoms with van der Waals surface area (Å²) in [5.41, 5.74) is 4.24. The maximum absolute atomic E-state index is 4.65. The molecule has 0 aliphatic carbocycles. The molecule has 1 aliphatic heterocycles. The van der Waals surface area contributed by atoms with Crippen molar-refractivity contribution in [2.45, 2.75) is 50.8 Å². The number of hydrogen-bond acceptors (Lipinski definition) is 3. The number of hydrogen-bond donors (Lipinski definition) is 0. The summed E-state index contributed by atoms with van der Waals surface area (Å²) in [6.45, 7) is 10.6. The minimum atomic E-state index is -1.99. The van der Waals surface area contributed by atoms with Crippen LogP contribution in [0.1, 0.15) is 62.0 Å². The zero-order valence-corrected chi connectivity index (χ0v) is 25.5. The average Bonchev–Trinajstić information content (AvgIpc) is 3.74. The summed E-state index contributed by atoms with van der Waals surface area (Å²) in [7, 11) is -3.72. The molecule has 3 atom stereocenters. The first-order valence-corrected chi connectivity index (χ1v) is 19.2. The Morgan fingerprint density at radius 3 is 1.70 bits per heavy atom. The molecule has 2 unspecified atom stereocenters. The van der Waals surface area contributed by atoms with E-state index < -0.39 is 14.8 Å². The van der Waals surface area contributed by atoms with Gasteiger partial charge in [0, 0.05) is 0 Å². The molecule has 0 saturated carbocycles. The Labute approximate surface area is 233 Å². The smallest absolute Gasteiger partial charge is 0.105 e. The van der Waals surface area contributed by atoms with E-state index in [-0.39, 0.29) is 0 Å². The van der Waals surface area contributed by atoms with Crippen LogP contribution < -0.4 is 9.24 Å². The van der Waals surface area contributed by atoms with Crippen LogP contribution >= 0.6 is 37.5 Å².